The Bertz CT molecular complexity index is 792. The van der Waals surface area contributed by atoms with E-state index in [1.807, 2.05) is 18.0 Å². The molecule has 1 aliphatic carbocycles. The number of aryl methyl sites for hydroxylation is 1. The Balaban J connectivity index is 1.57. The van der Waals surface area contributed by atoms with Gasteiger partial charge < -0.3 is 19.7 Å². The number of carbonyl (C=O) groups excluding carboxylic acids is 1. The number of amides is 1. The molecule has 0 bridgehead atoms. The molecule has 1 amide bonds. The zero-order valence-electron chi connectivity index (χ0n) is 15.5. The Kier molecular flexibility index (Phi) is 4.76. The van der Waals surface area contributed by atoms with E-state index in [9.17, 15) is 9.90 Å². The van der Waals surface area contributed by atoms with Gasteiger partial charge in [-0.3, -0.25) is 4.79 Å². The Morgan fingerprint density at radius 3 is 2.88 bits per heavy atom. The number of H-pyrrole nitrogens is 1. The number of likely N-dealkylation sites (N-methyl/N-ethyl adjacent to an activating group) is 1. The third kappa shape index (κ3) is 3.03. The molecule has 1 fully saturated rings. The Labute approximate surface area is 154 Å². The van der Waals surface area contributed by atoms with Gasteiger partial charge in [0.05, 0.1) is 12.5 Å². The number of nitrogens with one attached hydrogen (secondary N) is 1. The lowest BCUT2D eigenvalue weighted by molar-refractivity contribution is -0.135. The molecule has 5 heteroatoms. The monoisotopic (exact) mass is 356 g/mol. The summed E-state index contributed by atoms with van der Waals surface area (Å²) in [6.07, 6.45) is 4.58. The number of hydrogen-bond donors (Lipinski definition) is 2. The lowest BCUT2D eigenvalue weighted by atomic mass is 9.80. The fourth-order valence-corrected chi connectivity index (χ4v) is 4.68. The molecular weight excluding hydrogens is 328 g/mol. The van der Waals surface area contributed by atoms with E-state index in [0.717, 1.165) is 43.3 Å². The number of para-hydroxylation sites is 1. The van der Waals surface area contributed by atoms with E-state index < -0.39 is 0 Å². The third-order valence-corrected chi connectivity index (χ3v) is 6.25. The number of rotatable bonds is 4. The first-order chi connectivity index (χ1) is 12.6. The first-order valence-corrected chi connectivity index (χ1v) is 9.67. The van der Waals surface area contributed by atoms with Crippen LogP contribution in [0.4, 0.5) is 0 Å². The normalized spacial score (nSPS) is 22.2. The summed E-state index contributed by atoms with van der Waals surface area (Å²) in [6.45, 7) is 2.03. The number of aliphatic hydroxyl groups is 1. The minimum atomic E-state index is -0.222. The Morgan fingerprint density at radius 2 is 2.12 bits per heavy atom. The van der Waals surface area contributed by atoms with Crippen molar-refractivity contribution in [1.82, 2.24) is 9.88 Å². The van der Waals surface area contributed by atoms with Gasteiger partial charge in [0.15, 0.2) is 0 Å². The van der Waals surface area contributed by atoms with E-state index >= 15 is 0 Å². The predicted octanol–water partition coefficient (Wildman–Crippen LogP) is 2.84. The molecule has 0 radical (unpaired) electrons. The van der Waals surface area contributed by atoms with Gasteiger partial charge in [0, 0.05) is 48.8 Å². The van der Waals surface area contributed by atoms with Gasteiger partial charge in [-0.1, -0.05) is 18.2 Å². The van der Waals surface area contributed by atoms with E-state index in [0.29, 0.717) is 19.8 Å². The predicted molar refractivity (Wildman–Crippen MR) is 101 cm³/mol. The summed E-state index contributed by atoms with van der Waals surface area (Å²) in [6, 6.07) is 8.32. The molecule has 2 aromatic rings. The third-order valence-electron chi connectivity index (χ3n) is 6.25. The molecule has 1 unspecified atom stereocenters. The standard InChI is InChI=1S/C21H28N2O3/c1-23(13-21(14-24)9-11-26-12-10-21)20(25)17-7-4-6-16-15-5-2-3-8-18(15)22-19(16)17/h2-3,5,8,17,22,24H,4,6-7,9-14H2,1H3. The molecule has 1 aromatic heterocycles. The van der Waals surface area contributed by atoms with Crippen molar-refractivity contribution in [1.29, 1.82) is 0 Å². The van der Waals surface area contributed by atoms with Crippen molar-refractivity contribution in [3.8, 4) is 0 Å². The second kappa shape index (κ2) is 7.05. The zero-order chi connectivity index (χ0) is 18.1. The summed E-state index contributed by atoms with van der Waals surface area (Å²) in [5.74, 6) is 0.0588. The highest BCUT2D eigenvalue weighted by molar-refractivity contribution is 5.90. The van der Waals surface area contributed by atoms with Gasteiger partial charge in [0.2, 0.25) is 5.91 Å². The molecule has 140 valence electrons. The van der Waals surface area contributed by atoms with E-state index in [-0.39, 0.29) is 23.8 Å². The number of benzene rings is 1. The first kappa shape index (κ1) is 17.6. The van der Waals surface area contributed by atoms with Crippen LogP contribution in [0.1, 0.15) is 42.9 Å². The fourth-order valence-electron chi connectivity index (χ4n) is 4.68. The highest BCUT2D eigenvalue weighted by Gasteiger charge is 2.37. The van der Waals surface area contributed by atoms with Gasteiger partial charge >= 0.3 is 0 Å². The molecule has 0 saturated carbocycles. The zero-order valence-corrected chi connectivity index (χ0v) is 15.5. The highest BCUT2D eigenvalue weighted by Crippen LogP contribution is 2.38. The summed E-state index contributed by atoms with van der Waals surface area (Å²) in [5, 5.41) is 11.2. The summed E-state index contributed by atoms with van der Waals surface area (Å²) < 4.78 is 5.45. The molecule has 26 heavy (non-hydrogen) atoms. The number of hydrogen-bond acceptors (Lipinski definition) is 3. The maximum Gasteiger partial charge on any atom is 0.231 e. The van der Waals surface area contributed by atoms with E-state index in [2.05, 4.69) is 23.2 Å². The van der Waals surface area contributed by atoms with Crippen molar-refractivity contribution < 1.29 is 14.6 Å². The van der Waals surface area contributed by atoms with Gasteiger partial charge in [-0.15, -0.1) is 0 Å². The largest absolute Gasteiger partial charge is 0.396 e. The molecule has 5 nitrogen and oxygen atoms in total. The average molecular weight is 356 g/mol. The number of fused-ring (bicyclic) bond motifs is 3. The molecule has 2 aliphatic rings. The van der Waals surface area contributed by atoms with Crippen molar-refractivity contribution in [3.63, 3.8) is 0 Å². The molecule has 0 spiro atoms. The van der Waals surface area contributed by atoms with Crippen molar-refractivity contribution in [2.45, 2.75) is 38.0 Å². The van der Waals surface area contributed by atoms with Gasteiger partial charge in [0.25, 0.3) is 0 Å². The van der Waals surface area contributed by atoms with Crippen LogP contribution >= 0.6 is 0 Å². The van der Waals surface area contributed by atoms with Crippen LogP contribution < -0.4 is 0 Å². The molecule has 2 heterocycles. The van der Waals surface area contributed by atoms with Crippen LogP contribution in [0.3, 0.4) is 0 Å². The fraction of sp³-hybridized carbons (Fsp3) is 0.571. The number of ether oxygens (including phenoxy) is 1. The lowest BCUT2D eigenvalue weighted by Crippen LogP contribution is -2.46. The van der Waals surface area contributed by atoms with Crippen LogP contribution in [0.25, 0.3) is 10.9 Å². The SMILES string of the molecule is CN(CC1(CO)CCOCC1)C(=O)C1CCCc2c1[nH]c1ccccc21. The second-order valence-corrected chi connectivity index (χ2v) is 7.97. The van der Waals surface area contributed by atoms with E-state index in [1.165, 1.54) is 10.9 Å². The van der Waals surface area contributed by atoms with Crippen molar-refractivity contribution in [2.75, 3.05) is 33.4 Å². The minimum Gasteiger partial charge on any atom is -0.396 e. The van der Waals surface area contributed by atoms with Gasteiger partial charge in [-0.2, -0.15) is 0 Å². The molecule has 4 rings (SSSR count). The van der Waals surface area contributed by atoms with Crippen LogP contribution in [0.5, 0.6) is 0 Å². The number of aromatic amines is 1. The number of nitrogens with zero attached hydrogens (tertiary/aromatic N) is 1. The second-order valence-electron chi connectivity index (χ2n) is 7.97. The topological polar surface area (TPSA) is 65.6 Å². The van der Waals surface area contributed by atoms with Crippen molar-refractivity contribution >= 4 is 16.8 Å². The lowest BCUT2D eigenvalue weighted by Gasteiger charge is -2.39. The van der Waals surface area contributed by atoms with Gasteiger partial charge in [-0.05, 0) is 43.7 Å². The van der Waals surface area contributed by atoms with Crippen LogP contribution in [0, 0.1) is 5.41 Å². The van der Waals surface area contributed by atoms with Gasteiger partial charge in [-0.25, -0.2) is 0 Å². The molecule has 1 aliphatic heterocycles. The summed E-state index contributed by atoms with van der Waals surface area (Å²) in [7, 11) is 1.88. The number of aliphatic hydroxyl groups excluding tert-OH is 1. The molecule has 1 saturated heterocycles. The van der Waals surface area contributed by atoms with Crippen LogP contribution in [0.2, 0.25) is 0 Å². The smallest absolute Gasteiger partial charge is 0.231 e. The van der Waals surface area contributed by atoms with E-state index in [4.69, 9.17) is 4.74 Å². The van der Waals surface area contributed by atoms with Crippen molar-refractivity contribution in [2.24, 2.45) is 5.41 Å². The summed E-state index contributed by atoms with van der Waals surface area (Å²) in [4.78, 5) is 18.6. The Hall–Kier alpha value is -1.85. The van der Waals surface area contributed by atoms with Crippen LogP contribution in [-0.2, 0) is 16.0 Å². The summed E-state index contributed by atoms with van der Waals surface area (Å²) >= 11 is 0. The quantitative estimate of drug-likeness (QED) is 0.885. The highest BCUT2D eigenvalue weighted by atomic mass is 16.5. The van der Waals surface area contributed by atoms with Gasteiger partial charge in [0.1, 0.15) is 0 Å². The van der Waals surface area contributed by atoms with Crippen LogP contribution in [-0.4, -0.2) is 54.3 Å². The number of carbonyl (C=O) groups is 1. The maximum absolute atomic E-state index is 13.3. The Morgan fingerprint density at radius 1 is 1.35 bits per heavy atom. The van der Waals surface area contributed by atoms with E-state index in [1.54, 1.807) is 0 Å². The average Bonchev–Trinajstić information content (AvgIpc) is 3.07. The minimum absolute atomic E-state index is 0.105. The molecule has 1 atom stereocenters. The molecular formula is C21H28N2O3. The summed E-state index contributed by atoms with van der Waals surface area (Å²) in [5.41, 5.74) is 3.30. The molecule has 2 N–H and O–H groups in total. The first-order valence-electron chi connectivity index (χ1n) is 9.67. The maximum atomic E-state index is 13.3. The molecule has 1 aromatic carbocycles. The van der Waals surface area contributed by atoms with Crippen molar-refractivity contribution in [3.05, 3.63) is 35.5 Å². The van der Waals surface area contributed by atoms with Crippen LogP contribution in [0.15, 0.2) is 24.3 Å². The number of aromatic nitrogens is 1.